The van der Waals surface area contributed by atoms with Gasteiger partial charge in [-0.1, -0.05) is 43.1 Å². The molecule has 1 aromatic rings. The van der Waals surface area contributed by atoms with Gasteiger partial charge in [0.25, 0.3) is 0 Å². The van der Waals surface area contributed by atoms with Crippen LogP contribution in [0, 0.1) is 17.8 Å². The van der Waals surface area contributed by atoms with Gasteiger partial charge < -0.3 is 0 Å². The van der Waals surface area contributed by atoms with Crippen LogP contribution in [-0.4, -0.2) is 5.78 Å². The summed E-state index contributed by atoms with van der Waals surface area (Å²) in [4.78, 5) is 12.1. The molecule has 0 aromatic heterocycles. The molecule has 1 aliphatic rings. The van der Waals surface area contributed by atoms with Crippen molar-refractivity contribution in [2.45, 2.75) is 39.5 Å². The van der Waals surface area contributed by atoms with E-state index in [4.69, 9.17) is 23.2 Å². The van der Waals surface area contributed by atoms with E-state index in [1.807, 2.05) is 18.2 Å². The Bertz CT molecular complexity index is 468. The van der Waals surface area contributed by atoms with Gasteiger partial charge in [-0.25, -0.2) is 0 Å². The van der Waals surface area contributed by atoms with Gasteiger partial charge in [0.1, 0.15) is 5.78 Å². The number of ketones is 1. The van der Waals surface area contributed by atoms with Crippen LogP contribution >= 0.6 is 23.2 Å². The summed E-state index contributed by atoms with van der Waals surface area (Å²) in [7, 11) is 0. The average molecular weight is 299 g/mol. The molecule has 104 valence electrons. The largest absolute Gasteiger partial charge is 0.299 e. The number of halogens is 2. The van der Waals surface area contributed by atoms with Crippen molar-refractivity contribution in [1.82, 2.24) is 0 Å². The van der Waals surface area contributed by atoms with Crippen LogP contribution < -0.4 is 0 Å². The van der Waals surface area contributed by atoms with Crippen molar-refractivity contribution in [1.29, 1.82) is 0 Å². The fourth-order valence-corrected chi connectivity index (χ4v) is 3.22. The van der Waals surface area contributed by atoms with E-state index in [1.54, 1.807) is 0 Å². The molecule has 0 bridgehead atoms. The molecule has 0 saturated heterocycles. The molecule has 0 N–H and O–H groups in total. The van der Waals surface area contributed by atoms with Gasteiger partial charge in [-0.15, -0.1) is 0 Å². The van der Waals surface area contributed by atoms with Crippen LogP contribution in [-0.2, 0) is 11.2 Å². The van der Waals surface area contributed by atoms with E-state index in [0.29, 0.717) is 27.7 Å². The third kappa shape index (κ3) is 3.73. The number of rotatable bonds is 3. The fraction of sp³-hybridized carbons (Fsp3) is 0.562. The monoisotopic (exact) mass is 298 g/mol. The Morgan fingerprint density at radius 1 is 1.26 bits per heavy atom. The van der Waals surface area contributed by atoms with Gasteiger partial charge in [-0.2, -0.15) is 0 Å². The molecule has 0 spiro atoms. The van der Waals surface area contributed by atoms with E-state index >= 15 is 0 Å². The van der Waals surface area contributed by atoms with E-state index in [-0.39, 0.29) is 5.92 Å². The minimum atomic E-state index is 0.151. The first kappa shape index (κ1) is 14.9. The van der Waals surface area contributed by atoms with Crippen molar-refractivity contribution < 1.29 is 4.79 Å². The highest BCUT2D eigenvalue weighted by atomic mass is 35.5. The van der Waals surface area contributed by atoms with Gasteiger partial charge in [-0.05, 0) is 48.8 Å². The van der Waals surface area contributed by atoms with Crippen LogP contribution in [0.15, 0.2) is 18.2 Å². The molecule has 2 unspecified atom stereocenters. The lowest BCUT2D eigenvalue weighted by molar-refractivity contribution is -0.125. The Hall–Kier alpha value is -0.530. The molecule has 0 heterocycles. The maximum absolute atomic E-state index is 12.1. The second kappa shape index (κ2) is 6.28. The first-order chi connectivity index (χ1) is 8.97. The minimum absolute atomic E-state index is 0.151. The number of hydrogen-bond acceptors (Lipinski definition) is 1. The first-order valence-corrected chi connectivity index (χ1v) is 7.69. The van der Waals surface area contributed by atoms with Crippen molar-refractivity contribution in [3.8, 4) is 0 Å². The summed E-state index contributed by atoms with van der Waals surface area (Å²) >= 11 is 11.9. The van der Waals surface area contributed by atoms with Gasteiger partial charge in [-0.3, -0.25) is 4.79 Å². The molecule has 0 radical (unpaired) electrons. The molecule has 2 rings (SSSR count). The Balaban J connectivity index is 2.07. The lowest BCUT2D eigenvalue weighted by atomic mass is 9.73. The summed E-state index contributed by atoms with van der Waals surface area (Å²) in [5, 5.41) is 1.14. The summed E-state index contributed by atoms with van der Waals surface area (Å²) in [6, 6.07) is 5.67. The third-order valence-electron chi connectivity index (χ3n) is 4.21. The predicted octanol–water partition coefficient (Wildman–Crippen LogP) is 5.18. The van der Waals surface area contributed by atoms with Gasteiger partial charge in [0.15, 0.2) is 0 Å². The smallest absolute Gasteiger partial charge is 0.136 e. The Labute approximate surface area is 125 Å². The molecule has 1 fully saturated rings. The molecule has 19 heavy (non-hydrogen) atoms. The third-order valence-corrected chi connectivity index (χ3v) is 4.95. The second-order valence-corrected chi connectivity index (χ2v) is 6.71. The Kier molecular flexibility index (Phi) is 4.92. The zero-order valence-electron chi connectivity index (χ0n) is 11.5. The maximum atomic E-state index is 12.1. The van der Waals surface area contributed by atoms with Gasteiger partial charge in [0.05, 0.1) is 10.0 Å². The maximum Gasteiger partial charge on any atom is 0.136 e. The molecule has 2 atom stereocenters. The van der Waals surface area contributed by atoms with Crippen LogP contribution in [0.3, 0.4) is 0 Å². The van der Waals surface area contributed by atoms with Crippen molar-refractivity contribution in [2.75, 3.05) is 0 Å². The number of hydrogen-bond donors (Lipinski definition) is 0. The van der Waals surface area contributed by atoms with Gasteiger partial charge in [0.2, 0.25) is 0 Å². The zero-order chi connectivity index (χ0) is 14.0. The lowest BCUT2D eigenvalue weighted by Gasteiger charge is -2.30. The van der Waals surface area contributed by atoms with Crippen molar-refractivity contribution in [3.63, 3.8) is 0 Å². The van der Waals surface area contributed by atoms with Crippen LogP contribution in [0.2, 0.25) is 10.0 Å². The van der Waals surface area contributed by atoms with Crippen molar-refractivity contribution in [2.24, 2.45) is 17.8 Å². The van der Waals surface area contributed by atoms with E-state index in [0.717, 1.165) is 31.2 Å². The first-order valence-electron chi connectivity index (χ1n) is 6.94. The molecule has 1 aliphatic carbocycles. The Morgan fingerprint density at radius 3 is 2.63 bits per heavy atom. The van der Waals surface area contributed by atoms with Crippen molar-refractivity contribution in [3.05, 3.63) is 33.8 Å². The molecule has 3 heteroatoms. The summed E-state index contributed by atoms with van der Waals surface area (Å²) in [5.41, 5.74) is 1.11. The molecule has 0 amide bonds. The van der Waals surface area contributed by atoms with E-state index in [1.165, 1.54) is 0 Å². The molecule has 1 nitrogen and oxygen atoms in total. The van der Waals surface area contributed by atoms with E-state index < -0.39 is 0 Å². The molecule has 0 aliphatic heterocycles. The minimum Gasteiger partial charge on any atom is -0.299 e. The Morgan fingerprint density at radius 2 is 2.00 bits per heavy atom. The molecule has 1 saturated carbocycles. The van der Waals surface area contributed by atoms with E-state index in [9.17, 15) is 4.79 Å². The number of carbonyl (C=O) groups is 1. The summed E-state index contributed by atoms with van der Waals surface area (Å²) in [5.74, 6) is 1.89. The highest BCUT2D eigenvalue weighted by Crippen LogP contribution is 2.34. The quantitative estimate of drug-likeness (QED) is 0.752. The van der Waals surface area contributed by atoms with Crippen LogP contribution in [0.5, 0.6) is 0 Å². The van der Waals surface area contributed by atoms with Crippen molar-refractivity contribution >= 4 is 29.0 Å². The number of carbonyl (C=O) groups excluding carboxylic acids is 1. The zero-order valence-corrected chi connectivity index (χ0v) is 13.0. The highest BCUT2D eigenvalue weighted by Gasteiger charge is 2.30. The molecular weight excluding hydrogens is 279 g/mol. The number of Topliss-reactive ketones (excluding diaryl/α,β-unsaturated/α-hetero) is 1. The normalized spacial score (nSPS) is 23.9. The molecule has 1 aromatic carbocycles. The second-order valence-electron chi connectivity index (χ2n) is 5.89. The van der Waals surface area contributed by atoms with Crippen LogP contribution in [0.1, 0.15) is 38.7 Å². The van der Waals surface area contributed by atoms with Crippen LogP contribution in [0.4, 0.5) is 0 Å². The highest BCUT2D eigenvalue weighted by molar-refractivity contribution is 6.42. The fourth-order valence-electron chi connectivity index (χ4n) is 2.90. The molecular formula is C16H20Cl2O. The standard InChI is InChI=1S/C16H20Cl2O/c1-10(2)12-4-6-16(19)13(9-12)7-11-3-5-14(17)15(18)8-11/h3,5,8,10,12-13H,4,6-7,9H2,1-2H3. The van der Waals surface area contributed by atoms with Crippen LogP contribution in [0.25, 0.3) is 0 Å². The van der Waals surface area contributed by atoms with E-state index in [2.05, 4.69) is 13.8 Å². The SMILES string of the molecule is CC(C)C1CCC(=O)C(Cc2ccc(Cl)c(Cl)c2)C1. The predicted molar refractivity (Wildman–Crippen MR) is 80.8 cm³/mol. The lowest BCUT2D eigenvalue weighted by Crippen LogP contribution is -2.28. The van der Waals surface area contributed by atoms with Gasteiger partial charge in [0, 0.05) is 12.3 Å². The average Bonchev–Trinajstić information content (AvgIpc) is 2.36. The summed E-state index contributed by atoms with van der Waals surface area (Å²) in [6.07, 6.45) is 3.58. The topological polar surface area (TPSA) is 17.1 Å². The summed E-state index contributed by atoms with van der Waals surface area (Å²) in [6.45, 7) is 4.49. The summed E-state index contributed by atoms with van der Waals surface area (Å²) < 4.78 is 0. The van der Waals surface area contributed by atoms with Gasteiger partial charge >= 0.3 is 0 Å². The number of benzene rings is 1.